The Bertz CT molecular complexity index is 725. The summed E-state index contributed by atoms with van der Waals surface area (Å²) in [6, 6.07) is 14.2. The molecule has 0 unspecified atom stereocenters. The predicted octanol–water partition coefficient (Wildman–Crippen LogP) is 4.10. The molecule has 0 aromatic heterocycles. The van der Waals surface area contributed by atoms with Crippen LogP contribution in [0, 0.1) is 17.1 Å². The van der Waals surface area contributed by atoms with Gasteiger partial charge in [0.25, 0.3) is 0 Å². The number of nitrogens with zero attached hydrogens (tertiary/aromatic N) is 3. The molecule has 2 rings (SSSR count). The smallest absolute Gasteiger partial charge is 0.141 e. The Labute approximate surface area is 129 Å². The summed E-state index contributed by atoms with van der Waals surface area (Å²) in [5.41, 5.74) is 2.85. The van der Waals surface area contributed by atoms with E-state index < -0.39 is 5.82 Å². The summed E-state index contributed by atoms with van der Waals surface area (Å²) < 4.78 is 13.4. The van der Waals surface area contributed by atoms with E-state index in [1.165, 1.54) is 23.9 Å². The molecule has 0 spiro atoms. The molecule has 0 fully saturated rings. The van der Waals surface area contributed by atoms with Crippen LogP contribution >= 0.6 is 0 Å². The van der Waals surface area contributed by atoms with Crippen molar-refractivity contribution in [2.75, 3.05) is 0 Å². The summed E-state index contributed by atoms with van der Waals surface area (Å²) in [4.78, 5) is 0. The molecule has 0 aliphatic carbocycles. The maximum Gasteiger partial charge on any atom is 0.141 e. The Hall–Kier alpha value is -2.80. The van der Waals surface area contributed by atoms with Gasteiger partial charge in [0.2, 0.25) is 0 Å². The van der Waals surface area contributed by atoms with E-state index >= 15 is 0 Å². The summed E-state index contributed by atoms with van der Waals surface area (Å²) in [5.74, 6) is -0.554. The van der Waals surface area contributed by atoms with Crippen molar-refractivity contribution in [3.05, 3.63) is 70.5 Å². The van der Waals surface area contributed by atoms with Gasteiger partial charge in [-0.3, -0.25) is 0 Å². The Morgan fingerprint density at radius 1 is 1.05 bits per heavy atom. The van der Waals surface area contributed by atoms with Gasteiger partial charge in [-0.05, 0) is 35.2 Å². The zero-order chi connectivity index (χ0) is 15.8. The zero-order valence-corrected chi connectivity index (χ0v) is 12.3. The molecule has 0 bridgehead atoms. The summed E-state index contributed by atoms with van der Waals surface area (Å²) in [5, 5.41) is 16.5. The summed E-state index contributed by atoms with van der Waals surface area (Å²) >= 11 is 0. The van der Waals surface area contributed by atoms with Crippen LogP contribution in [0.15, 0.2) is 52.7 Å². The lowest BCUT2D eigenvalue weighted by molar-refractivity contribution is 0.623. The number of benzene rings is 2. The molecule has 0 radical (unpaired) electrons. The van der Waals surface area contributed by atoms with Gasteiger partial charge >= 0.3 is 0 Å². The summed E-state index contributed by atoms with van der Waals surface area (Å²) in [6.45, 7) is 2.15. The van der Waals surface area contributed by atoms with Crippen molar-refractivity contribution in [2.24, 2.45) is 10.2 Å². The van der Waals surface area contributed by atoms with Gasteiger partial charge in [-0.15, -0.1) is 0 Å². The molecule has 0 saturated heterocycles. The second kappa shape index (κ2) is 7.84. The molecule has 110 valence electrons. The fourth-order valence-electron chi connectivity index (χ4n) is 1.96. The SMILES string of the molecule is CCCc1ccc(C=NN=Cc2ccc(C#N)c(F)c2)cc1. The van der Waals surface area contributed by atoms with Crippen molar-refractivity contribution in [1.82, 2.24) is 0 Å². The van der Waals surface area contributed by atoms with E-state index in [4.69, 9.17) is 5.26 Å². The highest BCUT2D eigenvalue weighted by atomic mass is 19.1. The predicted molar refractivity (Wildman–Crippen MR) is 86.7 cm³/mol. The van der Waals surface area contributed by atoms with Gasteiger partial charge in [-0.25, -0.2) is 4.39 Å². The highest BCUT2D eigenvalue weighted by Crippen LogP contribution is 2.08. The van der Waals surface area contributed by atoms with Gasteiger partial charge < -0.3 is 0 Å². The molecule has 0 aliphatic rings. The van der Waals surface area contributed by atoms with Gasteiger partial charge in [-0.2, -0.15) is 15.5 Å². The number of hydrogen-bond acceptors (Lipinski definition) is 3. The number of rotatable bonds is 5. The molecule has 3 nitrogen and oxygen atoms in total. The molecule has 0 heterocycles. The van der Waals surface area contributed by atoms with Crippen molar-refractivity contribution in [1.29, 1.82) is 5.26 Å². The lowest BCUT2D eigenvalue weighted by Crippen LogP contribution is -1.88. The fraction of sp³-hybridized carbons (Fsp3) is 0.167. The molecule has 2 aromatic rings. The van der Waals surface area contributed by atoms with Crippen molar-refractivity contribution < 1.29 is 4.39 Å². The largest absolute Gasteiger partial charge is 0.206 e. The minimum Gasteiger partial charge on any atom is -0.206 e. The molecule has 22 heavy (non-hydrogen) atoms. The third-order valence-corrected chi connectivity index (χ3v) is 3.11. The van der Waals surface area contributed by atoms with Gasteiger partial charge in [0.05, 0.1) is 18.0 Å². The molecule has 2 aromatic carbocycles. The maximum atomic E-state index is 13.4. The monoisotopic (exact) mass is 293 g/mol. The van der Waals surface area contributed by atoms with E-state index in [-0.39, 0.29) is 5.56 Å². The zero-order valence-electron chi connectivity index (χ0n) is 12.3. The molecular weight excluding hydrogens is 277 g/mol. The van der Waals surface area contributed by atoms with E-state index in [9.17, 15) is 4.39 Å². The average Bonchev–Trinajstić information content (AvgIpc) is 2.53. The number of hydrogen-bond donors (Lipinski definition) is 0. The van der Waals surface area contributed by atoms with E-state index in [2.05, 4.69) is 29.3 Å². The highest BCUT2D eigenvalue weighted by Gasteiger charge is 2.00. The first-order valence-electron chi connectivity index (χ1n) is 7.08. The van der Waals surface area contributed by atoms with Crippen LogP contribution in [-0.4, -0.2) is 12.4 Å². The van der Waals surface area contributed by atoms with Gasteiger partial charge in [-0.1, -0.05) is 43.7 Å². The van der Waals surface area contributed by atoms with Crippen LogP contribution in [-0.2, 0) is 6.42 Å². The first kappa shape index (κ1) is 15.6. The van der Waals surface area contributed by atoms with E-state index in [1.54, 1.807) is 18.4 Å². The third-order valence-electron chi connectivity index (χ3n) is 3.11. The average molecular weight is 293 g/mol. The molecule has 4 heteroatoms. The fourth-order valence-corrected chi connectivity index (χ4v) is 1.96. The second-order valence-electron chi connectivity index (χ2n) is 4.83. The van der Waals surface area contributed by atoms with Crippen LogP contribution in [0.5, 0.6) is 0 Å². The molecule has 0 aliphatic heterocycles. The standard InChI is InChI=1S/C18H16FN3/c1-2-3-14-4-6-15(7-5-14)12-21-22-13-16-8-9-17(11-20)18(19)10-16/h4-10,12-13H,2-3H2,1H3. The molecule has 0 saturated carbocycles. The number of nitriles is 1. The molecular formula is C18H16FN3. The van der Waals surface area contributed by atoms with Crippen LogP contribution in [0.2, 0.25) is 0 Å². The van der Waals surface area contributed by atoms with Crippen LogP contribution in [0.1, 0.15) is 35.6 Å². The molecule has 0 N–H and O–H groups in total. The van der Waals surface area contributed by atoms with Crippen molar-refractivity contribution in [3.63, 3.8) is 0 Å². The van der Waals surface area contributed by atoms with E-state index in [0.717, 1.165) is 18.4 Å². The van der Waals surface area contributed by atoms with Gasteiger partial charge in [0.15, 0.2) is 0 Å². The molecule has 0 atom stereocenters. The second-order valence-corrected chi connectivity index (χ2v) is 4.83. The minimum absolute atomic E-state index is 0.0211. The van der Waals surface area contributed by atoms with Crippen molar-refractivity contribution >= 4 is 12.4 Å². The Balaban J connectivity index is 1.99. The lowest BCUT2D eigenvalue weighted by Gasteiger charge is -1.98. The summed E-state index contributed by atoms with van der Waals surface area (Å²) in [6.07, 6.45) is 5.29. The first-order chi connectivity index (χ1) is 10.7. The van der Waals surface area contributed by atoms with Gasteiger partial charge in [0, 0.05) is 0 Å². The lowest BCUT2D eigenvalue weighted by atomic mass is 10.1. The van der Waals surface area contributed by atoms with Crippen LogP contribution < -0.4 is 0 Å². The van der Waals surface area contributed by atoms with Crippen LogP contribution in [0.4, 0.5) is 4.39 Å². The van der Waals surface area contributed by atoms with Gasteiger partial charge in [0.1, 0.15) is 11.9 Å². The molecule has 0 amide bonds. The Kier molecular flexibility index (Phi) is 5.56. The van der Waals surface area contributed by atoms with E-state index in [0.29, 0.717) is 5.56 Å². The maximum absolute atomic E-state index is 13.4. The Morgan fingerprint density at radius 2 is 1.68 bits per heavy atom. The minimum atomic E-state index is -0.554. The van der Waals surface area contributed by atoms with Crippen LogP contribution in [0.25, 0.3) is 0 Å². The Morgan fingerprint density at radius 3 is 2.27 bits per heavy atom. The van der Waals surface area contributed by atoms with Crippen LogP contribution in [0.3, 0.4) is 0 Å². The van der Waals surface area contributed by atoms with E-state index in [1.807, 2.05) is 12.1 Å². The highest BCUT2D eigenvalue weighted by molar-refractivity contribution is 5.82. The first-order valence-corrected chi connectivity index (χ1v) is 7.08. The number of halogens is 1. The van der Waals surface area contributed by atoms with Crippen molar-refractivity contribution in [2.45, 2.75) is 19.8 Å². The quantitative estimate of drug-likeness (QED) is 0.604. The normalized spacial score (nSPS) is 11.1. The third kappa shape index (κ3) is 4.35. The van der Waals surface area contributed by atoms with Crippen molar-refractivity contribution in [3.8, 4) is 6.07 Å². The summed E-state index contributed by atoms with van der Waals surface area (Å²) in [7, 11) is 0. The topological polar surface area (TPSA) is 48.5 Å². The number of aryl methyl sites for hydroxylation is 1.